The van der Waals surface area contributed by atoms with Crippen molar-refractivity contribution in [2.45, 2.75) is 25.4 Å². The first-order chi connectivity index (χ1) is 12.4. The molecule has 1 aromatic heterocycles. The number of H-pyrrole nitrogens is 1. The lowest BCUT2D eigenvalue weighted by atomic mass is 10.0. The molecule has 0 radical (unpaired) electrons. The van der Waals surface area contributed by atoms with E-state index in [0.717, 1.165) is 28.9 Å². The van der Waals surface area contributed by atoms with Crippen molar-refractivity contribution in [2.24, 2.45) is 5.92 Å². The fourth-order valence-corrected chi connectivity index (χ4v) is 3.56. The first-order valence-electron chi connectivity index (χ1n) is 8.92. The van der Waals surface area contributed by atoms with E-state index in [4.69, 9.17) is 9.47 Å². The molecule has 25 heavy (non-hydrogen) atoms. The lowest BCUT2D eigenvalue weighted by molar-refractivity contribution is 0.171. The smallest absolute Gasteiger partial charge is 0.161 e. The van der Waals surface area contributed by atoms with Gasteiger partial charge in [-0.05, 0) is 48.1 Å². The lowest BCUT2D eigenvalue weighted by Crippen LogP contribution is -2.23. The largest absolute Gasteiger partial charge is 0.486 e. The molecule has 1 unspecified atom stereocenters. The third-order valence-corrected chi connectivity index (χ3v) is 5.05. The van der Waals surface area contributed by atoms with Gasteiger partial charge in [0.1, 0.15) is 13.2 Å². The van der Waals surface area contributed by atoms with Gasteiger partial charge < -0.3 is 14.8 Å². The third-order valence-electron chi connectivity index (χ3n) is 5.05. The number of ether oxygens (including phenoxy) is 2. The van der Waals surface area contributed by atoms with Crippen LogP contribution in [0.3, 0.4) is 0 Å². The van der Waals surface area contributed by atoms with Crippen LogP contribution in [0, 0.1) is 5.92 Å². The zero-order valence-electron chi connectivity index (χ0n) is 14.0. The monoisotopic (exact) mass is 335 g/mol. The molecule has 0 bridgehead atoms. The summed E-state index contributed by atoms with van der Waals surface area (Å²) >= 11 is 0. The molecular formula is C20H21N3O2. The van der Waals surface area contributed by atoms with Gasteiger partial charge in [-0.2, -0.15) is 5.10 Å². The van der Waals surface area contributed by atoms with Crippen LogP contribution >= 0.6 is 0 Å². The number of aromatic amines is 1. The van der Waals surface area contributed by atoms with E-state index in [1.54, 1.807) is 0 Å². The van der Waals surface area contributed by atoms with Gasteiger partial charge >= 0.3 is 0 Å². The highest BCUT2D eigenvalue weighted by Crippen LogP contribution is 2.43. The minimum atomic E-state index is 0.355. The van der Waals surface area contributed by atoms with Gasteiger partial charge in [-0.25, -0.2) is 0 Å². The van der Waals surface area contributed by atoms with Crippen LogP contribution in [0.4, 0.5) is 0 Å². The Morgan fingerprint density at radius 1 is 1.08 bits per heavy atom. The number of rotatable bonds is 5. The van der Waals surface area contributed by atoms with E-state index < -0.39 is 0 Å². The van der Waals surface area contributed by atoms with Crippen molar-refractivity contribution >= 4 is 10.9 Å². The van der Waals surface area contributed by atoms with Crippen molar-refractivity contribution in [1.82, 2.24) is 15.5 Å². The van der Waals surface area contributed by atoms with Gasteiger partial charge in [-0.1, -0.05) is 18.2 Å². The highest BCUT2D eigenvalue weighted by molar-refractivity contribution is 5.78. The molecule has 3 aromatic rings. The van der Waals surface area contributed by atoms with Crippen LogP contribution in [0.5, 0.6) is 11.5 Å². The van der Waals surface area contributed by atoms with Crippen molar-refractivity contribution < 1.29 is 9.47 Å². The number of nitrogens with zero attached hydrogens (tertiary/aromatic N) is 1. The predicted octanol–water partition coefficient (Wildman–Crippen LogP) is 3.58. The average Bonchev–Trinajstić information content (AvgIpc) is 3.38. The SMILES string of the molecule is c1cc2cn[nH]c2cc1CNC(c1ccc2c(c1)OCCO2)C1CC1. The van der Waals surface area contributed by atoms with Crippen LogP contribution < -0.4 is 14.8 Å². The summed E-state index contributed by atoms with van der Waals surface area (Å²) in [4.78, 5) is 0. The van der Waals surface area contributed by atoms with Crippen LogP contribution in [0.1, 0.15) is 30.0 Å². The molecular weight excluding hydrogens is 314 g/mol. The van der Waals surface area contributed by atoms with Crippen molar-refractivity contribution in [3.63, 3.8) is 0 Å². The predicted molar refractivity (Wildman–Crippen MR) is 95.8 cm³/mol. The quantitative estimate of drug-likeness (QED) is 0.748. The highest BCUT2D eigenvalue weighted by Gasteiger charge is 2.32. The van der Waals surface area contributed by atoms with Gasteiger partial charge in [0.25, 0.3) is 0 Å². The fraction of sp³-hybridized carbons (Fsp3) is 0.350. The molecule has 2 heterocycles. The highest BCUT2D eigenvalue weighted by atomic mass is 16.6. The number of hydrogen-bond donors (Lipinski definition) is 2. The number of benzene rings is 2. The van der Waals surface area contributed by atoms with Crippen LogP contribution in [0.15, 0.2) is 42.6 Å². The van der Waals surface area contributed by atoms with Crippen LogP contribution in [0.25, 0.3) is 10.9 Å². The Labute approximate surface area is 146 Å². The molecule has 5 nitrogen and oxygen atoms in total. The normalized spacial score (nSPS) is 17.6. The fourth-order valence-electron chi connectivity index (χ4n) is 3.56. The molecule has 5 rings (SSSR count). The Balaban J connectivity index is 1.36. The Morgan fingerprint density at radius 3 is 2.84 bits per heavy atom. The minimum Gasteiger partial charge on any atom is -0.486 e. The van der Waals surface area contributed by atoms with Crippen LogP contribution in [0.2, 0.25) is 0 Å². The maximum atomic E-state index is 5.75. The molecule has 1 atom stereocenters. The number of nitrogens with one attached hydrogen (secondary N) is 2. The molecule has 2 aliphatic rings. The van der Waals surface area contributed by atoms with Crippen molar-refractivity contribution in [1.29, 1.82) is 0 Å². The standard InChI is InChI=1S/C20H21N3O2/c1-2-16-12-22-23-17(16)9-13(1)11-21-20(14-3-4-14)15-5-6-18-19(10-15)25-8-7-24-18/h1-2,5-6,9-10,12,14,20-21H,3-4,7-8,11H2,(H,22,23). The summed E-state index contributed by atoms with van der Waals surface area (Å²) in [6.45, 7) is 2.10. The summed E-state index contributed by atoms with van der Waals surface area (Å²) in [6.07, 6.45) is 4.42. The van der Waals surface area contributed by atoms with E-state index >= 15 is 0 Å². The molecule has 2 aromatic carbocycles. The van der Waals surface area contributed by atoms with Crippen molar-refractivity contribution in [2.75, 3.05) is 13.2 Å². The first kappa shape index (κ1) is 14.8. The van der Waals surface area contributed by atoms with E-state index in [0.29, 0.717) is 25.2 Å². The molecule has 1 aliphatic heterocycles. The Morgan fingerprint density at radius 2 is 1.96 bits per heavy atom. The third kappa shape index (κ3) is 2.96. The number of hydrogen-bond acceptors (Lipinski definition) is 4. The van der Waals surface area contributed by atoms with E-state index in [1.807, 2.05) is 12.3 Å². The van der Waals surface area contributed by atoms with E-state index in [1.165, 1.54) is 24.0 Å². The molecule has 1 fully saturated rings. The van der Waals surface area contributed by atoms with Gasteiger partial charge in [0.05, 0.1) is 11.7 Å². The minimum absolute atomic E-state index is 0.355. The summed E-state index contributed by atoms with van der Waals surface area (Å²) in [5, 5.41) is 12.0. The second-order valence-electron chi connectivity index (χ2n) is 6.89. The Bertz CT molecular complexity index is 901. The van der Waals surface area contributed by atoms with Gasteiger partial charge in [0.2, 0.25) is 0 Å². The molecule has 5 heteroatoms. The van der Waals surface area contributed by atoms with Crippen LogP contribution in [-0.4, -0.2) is 23.4 Å². The van der Waals surface area contributed by atoms with Gasteiger partial charge in [-0.3, -0.25) is 5.10 Å². The summed E-state index contributed by atoms with van der Waals surface area (Å²) in [7, 11) is 0. The summed E-state index contributed by atoms with van der Waals surface area (Å²) in [6, 6.07) is 13.2. The molecule has 0 amide bonds. The molecule has 1 aliphatic carbocycles. The zero-order chi connectivity index (χ0) is 16.6. The van der Waals surface area contributed by atoms with E-state index in [2.05, 4.69) is 45.8 Å². The molecule has 0 saturated heterocycles. The van der Waals surface area contributed by atoms with Gasteiger partial charge in [-0.15, -0.1) is 0 Å². The second kappa shape index (κ2) is 6.08. The van der Waals surface area contributed by atoms with Crippen molar-refractivity contribution in [3.05, 3.63) is 53.7 Å². The van der Waals surface area contributed by atoms with E-state index in [9.17, 15) is 0 Å². The van der Waals surface area contributed by atoms with Crippen LogP contribution in [-0.2, 0) is 6.54 Å². The zero-order valence-corrected chi connectivity index (χ0v) is 14.0. The first-order valence-corrected chi connectivity index (χ1v) is 8.92. The maximum Gasteiger partial charge on any atom is 0.161 e. The molecule has 2 N–H and O–H groups in total. The van der Waals surface area contributed by atoms with Gasteiger partial charge in [0.15, 0.2) is 11.5 Å². The summed E-state index contributed by atoms with van der Waals surface area (Å²) in [5.41, 5.74) is 3.64. The molecule has 1 saturated carbocycles. The summed E-state index contributed by atoms with van der Waals surface area (Å²) < 4.78 is 11.4. The lowest BCUT2D eigenvalue weighted by Gasteiger charge is -2.23. The van der Waals surface area contributed by atoms with Crippen molar-refractivity contribution in [3.8, 4) is 11.5 Å². The van der Waals surface area contributed by atoms with Gasteiger partial charge in [0, 0.05) is 18.0 Å². The second-order valence-corrected chi connectivity index (χ2v) is 6.89. The molecule has 0 spiro atoms. The van der Waals surface area contributed by atoms with E-state index in [-0.39, 0.29) is 0 Å². The number of aromatic nitrogens is 2. The summed E-state index contributed by atoms with van der Waals surface area (Å²) in [5.74, 6) is 2.43. The molecule has 128 valence electrons. The average molecular weight is 335 g/mol. The Hall–Kier alpha value is -2.53. The Kier molecular flexibility index (Phi) is 3.59. The maximum absolute atomic E-state index is 5.75. The topological polar surface area (TPSA) is 59.2 Å². The number of fused-ring (bicyclic) bond motifs is 2.